The molecule has 28 heavy (non-hydrogen) atoms. The van der Waals surface area contributed by atoms with Crippen LogP contribution in [0.25, 0.3) is 0 Å². The Kier molecular flexibility index (Phi) is 5.92. The summed E-state index contributed by atoms with van der Waals surface area (Å²) in [6, 6.07) is 9.45. The van der Waals surface area contributed by atoms with Crippen LogP contribution in [0.4, 0.5) is 5.69 Å². The molecule has 1 aliphatic carbocycles. The van der Waals surface area contributed by atoms with E-state index in [1.165, 1.54) is 43.4 Å². The van der Waals surface area contributed by atoms with Gasteiger partial charge in [0, 0.05) is 46.0 Å². The lowest BCUT2D eigenvalue weighted by Gasteiger charge is -2.38. The van der Waals surface area contributed by atoms with Crippen molar-refractivity contribution in [3.63, 3.8) is 0 Å². The van der Waals surface area contributed by atoms with Gasteiger partial charge in [0.05, 0.1) is 12.1 Å². The van der Waals surface area contributed by atoms with Crippen LogP contribution in [0.15, 0.2) is 24.3 Å². The third-order valence-corrected chi connectivity index (χ3v) is 6.31. The van der Waals surface area contributed by atoms with Gasteiger partial charge in [0.25, 0.3) is 0 Å². The molecular weight excluding hydrogens is 350 g/mol. The molecule has 0 amide bonds. The van der Waals surface area contributed by atoms with Gasteiger partial charge in [-0.25, -0.2) is 4.68 Å². The molecule has 2 heterocycles. The van der Waals surface area contributed by atoms with E-state index in [1.807, 2.05) is 0 Å². The third-order valence-electron chi connectivity index (χ3n) is 6.31. The van der Waals surface area contributed by atoms with E-state index in [0.29, 0.717) is 6.04 Å². The first-order valence-corrected chi connectivity index (χ1v) is 10.6. The summed E-state index contributed by atoms with van der Waals surface area (Å²) in [6.45, 7) is 4.23. The number of aromatic nitrogens is 4. The van der Waals surface area contributed by atoms with E-state index in [4.69, 9.17) is 0 Å². The number of hydrogen-bond donors (Lipinski definition) is 0. The molecular formula is C21H33N7. The summed E-state index contributed by atoms with van der Waals surface area (Å²) in [4.78, 5) is 7.09. The summed E-state index contributed by atoms with van der Waals surface area (Å²) in [7, 11) is 6.36. The first kappa shape index (κ1) is 19.3. The molecule has 0 unspecified atom stereocenters. The van der Waals surface area contributed by atoms with E-state index in [0.717, 1.165) is 32.0 Å². The van der Waals surface area contributed by atoms with Gasteiger partial charge in [0.2, 0.25) is 0 Å². The zero-order chi connectivity index (χ0) is 19.5. The summed E-state index contributed by atoms with van der Waals surface area (Å²) in [6.07, 6.45) is 6.27. The molecule has 1 aromatic carbocycles. The fourth-order valence-electron chi connectivity index (χ4n) is 4.52. The van der Waals surface area contributed by atoms with Crippen molar-refractivity contribution in [1.82, 2.24) is 30.0 Å². The van der Waals surface area contributed by atoms with Crippen molar-refractivity contribution in [3.8, 4) is 0 Å². The van der Waals surface area contributed by atoms with Crippen molar-refractivity contribution in [3.05, 3.63) is 35.7 Å². The molecule has 1 aliphatic heterocycles. The zero-order valence-corrected chi connectivity index (χ0v) is 17.5. The number of likely N-dealkylation sites (N-methyl/N-ethyl adjacent to an activating group) is 1. The first-order chi connectivity index (χ1) is 13.6. The first-order valence-electron chi connectivity index (χ1n) is 10.6. The van der Waals surface area contributed by atoms with E-state index in [-0.39, 0.29) is 6.04 Å². The average molecular weight is 384 g/mol. The SMILES string of the molecule is CN1CCN([C@@H](c2ccc(N(C)C)cc2)c2nnnn2C2CCCCC2)CC1. The Hall–Kier alpha value is -1.99. The molecule has 1 atom stereocenters. The van der Waals surface area contributed by atoms with Gasteiger partial charge >= 0.3 is 0 Å². The van der Waals surface area contributed by atoms with Crippen LogP contribution in [0.3, 0.4) is 0 Å². The summed E-state index contributed by atoms with van der Waals surface area (Å²) < 4.78 is 2.14. The number of rotatable bonds is 5. The van der Waals surface area contributed by atoms with Crippen molar-refractivity contribution < 1.29 is 0 Å². The molecule has 2 aliphatic rings. The number of nitrogens with zero attached hydrogens (tertiary/aromatic N) is 7. The number of benzene rings is 1. The minimum Gasteiger partial charge on any atom is -0.378 e. The number of piperazine rings is 1. The van der Waals surface area contributed by atoms with Crippen molar-refractivity contribution in [2.24, 2.45) is 0 Å². The maximum Gasteiger partial charge on any atom is 0.173 e. The second-order valence-electron chi connectivity index (χ2n) is 8.50. The quantitative estimate of drug-likeness (QED) is 0.791. The van der Waals surface area contributed by atoms with Gasteiger partial charge in [-0.1, -0.05) is 31.4 Å². The minimum absolute atomic E-state index is 0.113. The van der Waals surface area contributed by atoms with Crippen molar-refractivity contribution in [1.29, 1.82) is 0 Å². The standard InChI is InChI=1S/C21H33N7/c1-25(2)18-11-9-17(10-12-18)20(27-15-13-26(3)14-16-27)21-22-23-24-28(21)19-7-5-4-6-8-19/h9-12,19-20H,4-8,13-16H2,1-3H3/t20-/m0/s1. The van der Waals surface area contributed by atoms with Crippen LogP contribution in [0.2, 0.25) is 0 Å². The fourth-order valence-corrected chi connectivity index (χ4v) is 4.52. The maximum atomic E-state index is 4.56. The smallest absolute Gasteiger partial charge is 0.173 e. The molecule has 2 aromatic rings. The van der Waals surface area contributed by atoms with Crippen LogP contribution in [0, 0.1) is 0 Å². The lowest BCUT2D eigenvalue weighted by atomic mass is 9.95. The highest BCUT2D eigenvalue weighted by molar-refractivity contribution is 5.47. The lowest BCUT2D eigenvalue weighted by molar-refractivity contribution is 0.119. The zero-order valence-electron chi connectivity index (χ0n) is 17.5. The van der Waals surface area contributed by atoms with E-state index in [2.05, 4.69) is 80.3 Å². The Bertz CT molecular complexity index is 740. The van der Waals surface area contributed by atoms with Gasteiger partial charge in [0.1, 0.15) is 0 Å². The topological polar surface area (TPSA) is 53.3 Å². The number of hydrogen-bond acceptors (Lipinski definition) is 6. The van der Waals surface area contributed by atoms with Crippen LogP contribution in [0.5, 0.6) is 0 Å². The van der Waals surface area contributed by atoms with Gasteiger partial charge in [-0.05, 0) is 48.0 Å². The number of tetrazole rings is 1. The summed E-state index contributed by atoms with van der Waals surface area (Å²) in [5.74, 6) is 1.01. The Morgan fingerprint density at radius 1 is 0.964 bits per heavy atom. The second kappa shape index (κ2) is 8.57. The van der Waals surface area contributed by atoms with Crippen LogP contribution < -0.4 is 4.90 Å². The third kappa shape index (κ3) is 4.05. The molecule has 1 aromatic heterocycles. The van der Waals surface area contributed by atoms with Gasteiger partial charge in [-0.2, -0.15) is 0 Å². The molecule has 152 valence electrons. The van der Waals surface area contributed by atoms with Gasteiger partial charge in [0.15, 0.2) is 5.82 Å². The summed E-state index contributed by atoms with van der Waals surface area (Å²) >= 11 is 0. The fraction of sp³-hybridized carbons (Fsp3) is 0.667. The Labute approximate surface area is 168 Å². The van der Waals surface area contributed by atoms with Gasteiger partial charge in [-0.3, -0.25) is 4.90 Å². The molecule has 0 bridgehead atoms. The summed E-state index contributed by atoms with van der Waals surface area (Å²) in [5.41, 5.74) is 2.50. The van der Waals surface area contributed by atoms with Gasteiger partial charge in [-0.15, -0.1) is 5.10 Å². The largest absolute Gasteiger partial charge is 0.378 e. The molecule has 7 nitrogen and oxygen atoms in total. The predicted molar refractivity (Wildman–Crippen MR) is 112 cm³/mol. The average Bonchev–Trinajstić information content (AvgIpc) is 3.20. The molecule has 0 spiro atoms. The van der Waals surface area contributed by atoms with Crippen LogP contribution in [0.1, 0.15) is 55.6 Å². The van der Waals surface area contributed by atoms with Crippen molar-refractivity contribution >= 4 is 5.69 Å². The molecule has 4 rings (SSSR count). The normalized spacial score (nSPS) is 21.0. The van der Waals surface area contributed by atoms with E-state index >= 15 is 0 Å². The predicted octanol–water partition coefficient (Wildman–Crippen LogP) is 2.58. The Balaban J connectivity index is 1.68. The molecule has 7 heteroatoms. The minimum atomic E-state index is 0.113. The molecule has 1 saturated carbocycles. The summed E-state index contributed by atoms with van der Waals surface area (Å²) in [5, 5.41) is 13.1. The highest BCUT2D eigenvalue weighted by Gasteiger charge is 2.32. The van der Waals surface area contributed by atoms with Crippen molar-refractivity contribution in [2.75, 3.05) is 52.2 Å². The molecule has 0 radical (unpaired) electrons. The Morgan fingerprint density at radius 2 is 1.64 bits per heavy atom. The molecule has 0 N–H and O–H groups in total. The van der Waals surface area contributed by atoms with Crippen LogP contribution >= 0.6 is 0 Å². The Morgan fingerprint density at radius 3 is 2.29 bits per heavy atom. The number of anilines is 1. The van der Waals surface area contributed by atoms with E-state index < -0.39 is 0 Å². The van der Waals surface area contributed by atoms with Crippen molar-refractivity contribution in [2.45, 2.75) is 44.2 Å². The highest BCUT2D eigenvalue weighted by atomic mass is 15.6. The van der Waals surface area contributed by atoms with Gasteiger partial charge < -0.3 is 9.80 Å². The molecule has 1 saturated heterocycles. The monoisotopic (exact) mass is 383 g/mol. The van der Waals surface area contributed by atoms with Crippen LogP contribution in [-0.2, 0) is 0 Å². The van der Waals surface area contributed by atoms with E-state index in [9.17, 15) is 0 Å². The highest BCUT2D eigenvalue weighted by Crippen LogP contribution is 2.34. The maximum absolute atomic E-state index is 4.56. The lowest BCUT2D eigenvalue weighted by Crippen LogP contribution is -2.46. The molecule has 2 fully saturated rings. The second-order valence-corrected chi connectivity index (χ2v) is 8.50. The van der Waals surface area contributed by atoms with E-state index in [1.54, 1.807) is 0 Å². The van der Waals surface area contributed by atoms with Crippen LogP contribution in [-0.4, -0.2) is 77.3 Å².